The number of carbonyl (C=O) groups is 2. The van der Waals surface area contributed by atoms with Gasteiger partial charge in [0.2, 0.25) is 0 Å². The summed E-state index contributed by atoms with van der Waals surface area (Å²) in [6.07, 6.45) is 0.805. The van der Waals surface area contributed by atoms with Crippen LogP contribution in [-0.2, 0) is 9.47 Å². The van der Waals surface area contributed by atoms with Crippen molar-refractivity contribution < 1.29 is 19.1 Å². The van der Waals surface area contributed by atoms with Crippen molar-refractivity contribution in [2.45, 2.75) is 26.4 Å². The number of benzene rings is 1. The van der Waals surface area contributed by atoms with Crippen molar-refractivity contribution >= 4 is 17.6 Å². The number of hydrogen-bond acceptors (Lipinski definition) is 4. The molecule has 1 aromatic carbocycles. The molecule has 25 heavy (non-hydrogen) atoms. The van der Waals surface area contributed by atoms with Crippen LogP contribution >= 0.6 is 0 Å². The van der Waals surface area contributed by atoms with Crippen LogP contribution in [0.2, 0.25) is 0 Å². The summed E-state index contributed by atoms with van der Waals surface area (Å²) in [5.74, 6) is -0.160. The predicted octanol–water partition coefficient (Wildman–Crippen LogP) is 2.10. The van der Waals surface area contributed by atoms with Gasteiger partial charge in [-0.15, -0.1) is 0 Å². The first-order valence-electron chi connectivity index (χ1n) is 8.73. The van der Waals surface area contributed by atoms with Crippen LogP contribution in [0.15, 0.2) is 24.3 Å². The Hall–Kier alpha value is -2.12. The van der Waals surface area contributed by atoms with Gasteiger partial charge in [-0.1, -0.05) is 6.07 Å². The Bertz CT molecular complexity index is 579. The lowest BCUT2D eigenvalue weighted by Crippen LogP contribution is -2.46. The van der Waals surface area contributed by atoms with Crippen molar-refractivity contribution in [2.24, 2.45) is 0 Å². The molecule has 1 aliphatic rings. The molecular formula is C18H27N3O4. The van der Waals surface area contributed by atoms with Gasteiger partial charge in [0.15, 0.2) is 0 Å². The Morgan fingerprint density at radius 1 is 1.40 bits per heavy atom. The van der Waals surface area contributed by atoms with Gasteiger partial charge in [-0.2, -0.15) is 0 Å². The number of nitrogens with zero attached hydrogens (tertiary/aromatic N) is 1. The molecule has 7 heteroatoms. The summed E-state index contributed by atoms with van der Waals surface area (Å²) in [6, 6.07) is 6.76. The van der Waals surface area contributed by atoms with Crippen LogP contribution in [0.3, 0.4) is 0 Å². The van der Waals surface area contributed by atoms with Gasteiger partial charge in [-0.3, -0.25) is 4.79 Å². The third-order valence-corrected chi connectivity index (χ3v) is 3.86. The van der Waals surface area contributed by atoms with E-state index in [0.717, 1.165) is 6.42 Å². The molecule has 7 nitrogen and oxygen atoms in total. The Morgan fingerprint density at radius 3 is 3.00 bits per heavy atom. The van der Waals surface area contributed by atoms with E-state index < -0.39 is 0 Å². The number of nitrogens with one attached hydrogen (secondary N) is 2. The zero-order chi connectivity index (χ0) is 18.1. The molecule has 1 fully saturated rings. The number of amides is 3. The minimum Gasteiger partial charge on any atom is -0.382 e. The molecule has 0 saturated carbocycles. The van der Waals surface area contributed by atoms with E-state index in [0.29, 0.717) is 50.7 Å². The molecule has 0 spiro atoms. The SMILES string of the molecule is CCOCCCNC(=O)c1cccc(NC(=O)N2CCO[C@H](C)C2)c1. The Balaban J connectivity index is 1.85. The Labute approximate surface area is 148 Å². The zero-order valence-corrected chi connectivity index (χ0v) is 14.9. The molecular weight excluding hydrogens is 322 g/mol. The summed E-state index contributed by atoms with van der Waals surface area (Å²) in [5, 5.41) is 5.69. The van der Waals surface area contributed by atoms with Crippen LogP contribution in [0.1, 0.15) is 30.6 Å². The Kier molecular flexibility index (Phi) is 7.69. The highest BCUT2D eigenvalue weighted by atomic mass is 16.5. The molecule has 138 valence electrons. The summed E-state index contributed by atoms with van der Waals surface area (Å²) in [4.78, 5) is 26.2. The van der Waals surface area contributed by atoms with Crippen molar-refractivity contribution in [3.05, 3.63) is 29.8 Å². The quantitative estimate of drug-likeness (QED) is 0.739. The number of urea groups is 1. The maximum atomic E-state index is 12.3. The number of hydrogen-bond donors (Lipinski definition) is 2. The van der Waals surface area contributed by atoms with E-state index in [-0.39, 0.29) is 18.0 Å². The molecule has 0 radical (unpaired) electrons. The first kappa shape index (κ1) is 19.2. The first-order valence-corrected chi connectivity index (χ1v) is 8.73. The topological polar surface area (TPSA) is 79.9 Å². The van der Waals surface area contributed by atoms with Gasteiger partial charge in [0.25, 0.3) is 5.91 Å². The van der Waals surface area contributed by atoms with Crippen LogP contribution in [0, 0.1) is 0 Å². The molecule has 0 aromatic heterocycles. The van der Waals surface area contributed by atoms with Gasteiger partial charge in [0, 0.05) is 44.1 Å². The van der Waals surface area contributed by atoms with E-state index in [4.69, 9.17) is 9.47 Å². The molecule has 0 aliphatic carbocycles. The van der Waals surface area contributed by atoms with E-state index >= 15 is 0 Å². The summed E-state index contributed by atoms with van der Waals surface area (Å²) >= 11 is 0. The van der Waals surface area contributed by atoms with E-state index in [1.807, 2.05) is 13.8 Å². The third-order valence-electron chi connectivity index (χ3n) is 3.86. The lowest BCUT2D eigenvalue weighted by atomic mass is 10.2. The molecule has 3 amide bonds. The molecule has 0 unspecified atom stereocenters. The second-order valence-corrected chi connectivity index (χ2v) is 5.94. The van der Waals surface area contributed by atoms with Crippen molar-refractivity contribution in [1.29, 1.82) is 0 Å². The monoisotopic (exact) mass is 349 g/mol. The van der Waals surface area contributed by atoms with Crippen LogP contribution in [-0.4, -0.2) is 62.4 Å². The molecule has 2 rings (SSSR count). The molecule has 1 saturated heterocycles. The Morgan fingerprint density at radius 2 is 2.24 bits per heavy atom. The summed E-state index contributed by atoms with van der Waals surface area (Å²) < 4.78 is 10.7. The molecule has 1 atom stereocenters. The largest absolute Gasteiger partial charge is 0.382 e. The van der Waals surface area contributed by atoms with Gasteiger partial charge < -0.3 is 25.0 Å². The number of morpholine rings is 1. The second-order valence-electron chi connectivity index (χ2n) is 5.94. The normalized spacial score (nSPS) is 17.2. The molecule has 2 N–H and O–H groups in total. The zero-order valence-electron chi connectivity index (χ0n) is 14.9. The fraction of sp³-hybridized carbons (Fsp3) is 0.556. The summed E-state index contributed by atoms with van der Waals surface area (Å²) in [5.41, 5.74) is 1.12. The molecule has 1 heterocycles. The molecule has 0 bridgehead atoms. The van der Waals surface area contributed by atoms with E-state index in [1.165, 1.54) is 0 Å². The molecule has 1 aromatic rings. The van der Waals surface area contributed by atoms with Gasteiger partial charge in [-0.05, 0) is 38.5 Å². The van der Waals surface area contributed by atoms with E-state index in [2.05, 4.69) is 10.6 Å². The third kappa shape index (κ3) is 6.36. The standard InChI is InChI=1S/C18H27N3O4/c1-3-24-10-5-8-19-17(22)15-6-4-7-16(12-15)20-18(23)21-9-11-25-14(2)13-21/h4,6-7,12,14H,3,5,8-11,13H2,1-2H3,(H,19,22)(H,20,23)/t14-/m1/s1. The maximum absolute atomic E-state index is 12.3. The second kappa shape index (κ2) is 10.0. The number of rotatable bonds is 7. The average Bonchev–Trinajstić information content (AvgIpc) is 2.61. The van der Waals surface area contributed by atoms with Crippen LogP contribution in [0.5, 0.6) is 0 Å². The average molecular weight is 349 g/mol. The van der Waals surface area contributed by atoms with Crippen LogP contribution in [0.25, 0.3) is 0 Å². The van der Waals surface area contributed by atoms with Crippen molar-refractivity contribution in [3.63, 3.8) is 0 Å². The minimum atomic E-state index is -0.176. The maximum Gasteiger partial charge on any atom is 0.322 e. The smallest absolute Gasteiger partial charge is 0.322 e. The van der Waals surface area contributed by atoms with Crippen molar-refractivity contribution in [1.82, 2.24) is 10.2 Å². The van der Waals surface area contributed by atoms with Crippen LogP contribution < -0.4 is 10.6 Å². The van der Waals surface area contributed by atoms with Crippen molar-refractivity contribution in [3.8, 4) is 0 Å². The highest BCUT2D eigenvalue weighted by molar-refractivity contribution is 5.96. The summed E-state index contributed by atoms with van der Waals surface area (Å²) in [7, 11) is 0. The number of anilines is 1. The van der Waals surface area contributed by atoms with E-state index in [1.54, 1.807) is 29.2 Å². The van der Waals surface area contributed by atoms with Gasteiger partial charge in [0.05, 0.1) is 12.7 Å². The minimum absolute atomic E-state index is 0.0355. The predicted molar refractivity (Wildman–Crippen MR) is 95.9 cm³/mol. The highest BCUT2D eigenvalue weighted by Gasteiger charge is 2.21. The first-order chi connectivity index (χ1) is 12.1. The van der Waals surface area contributed by atoms with Gasteiger partial charge in [0.1, 0.15) is 0 Å². The van der Waals surface area contributed by atoms with Crippen molar-refractivity contribution in [2.75, 3.05) is 44.8 Å². The fourth-order valence-corrected chi connectivity index (χ4v) is 2.57. The molecule has 1 aliphatic heterocycles. The lowest BCUT2D eigenvalue weighted by molar-refractivity contribution is -0.00138. The number of carbonyl (C=O) groups excluding carboxylic acids is 2. The van der Waals surface area contributed by atoms with E-state index in [9.17, 15) is 9.59 Å². The highest BCUT2D eigenvalue weighted by Crippen LogP contribution is 2.13. The van der Waals surface area contributed by atoms with Gasteiger partial charge >= 0.3 is 6.03 Å². The number of ether oxygens (including phenoxy) is 2. The summed E-state index contributed by atoms with van der Waals surface area (Å²) in [6.45, 7) is 7.41. The van der Waals surface area contributed by atoms with Gasteiger partial charge in [-0.25, -0.2) is 4.79 Å². The lowest BCUT2D eigenvalue weighted by Gasteiger charge is -2.31. The van der Waals surface area contributed by atoms with Crippen LogP contribution in [0.4, 0.5) is 10.5 Å². The fourth-order valence-electron chi connectivity index (χ4n) is 2.57.